The summed E-state index contributed by atoms with van der Waals surface area (Å²) in [4.78, 5) is 12.1. The number of thioether (sulfide) groups is 1. The molecule has 0 radical (unpaired) electrons. The largest absolute Gasteiger partial charge is 0.355 e. The van der Waals surface area contributed by atoms with E-state index in [0.29, 0.717) is 11.7 Å². The summed E-state index contributed by atoms with van der Waals surface area (Å²) in [5.74, 6) is 0.235. The molecule has 1 N–H and O–H groups in total. The molecule has 0 unspecified atom stereocenters. The normalized spacial score (nSPS) is 11.0. The number of benzene rings is 1. The van der Waals surface area contributed by atoms with Gasteiger partial charge in [-0.1, -0.05) is 29.5 Å². The van der Waals surface area contributed by atoms with Gasteiger partial charge in [-0.05, 0) is 62.2 Å². The van der Waals surface area contributed by atoms with E-state index in [0.717, 1.165) is 35.6 Å². The number of aryl methyl sites for hydroxylation is 5. The fraction of sp³-hybridized carbons (Fsp3) is 0.421. The van der Waals surface area contributed by atoms with Crippen LogP contribution in [-0.4, -0.2) is 48.2 Å². The van der Waals surface area contributed by atoms with Crippen molar-refractivity contribution in [2.24, 2.45) is 0 Å². The molecule has 0 aliphatic carbocycles. The van der Waals surface area contributed by atoms with Crippen LogP contribution >= 0.6 is 11.8 Å². The third-order valence-electron chi connectivity index (χ3n) is 4.33. The molecule has 9 heteroatoms. The molecule has 3 aromatic rings. The second-order valence-electron chi connectivity index (χ2n) is 6.81. The highest BCUT2D eigenvalue weighted by Crippen LogP contribution is 2.21. The van der Waals surface area contributed by atoms with Gasteiger partial charge in [0.2, 0.25) is 11.1 Å². The van der Waals surface area contributed by atoms with Crippen molar-refractivity contribution >= 4 is 17.7 Å². The van der Waals surface area contributed by atoms with E-state index in [2.05, 4.69) is 38.1 Å². The minimum absolute atomic E-state index is 0.0338. The molecule has 0 aliphatic rings. The van der Waals surface area contributed by atoms with E-state index in [4.69, 9.17) is 0 Å². The number of carbonyl (C=O) groups excluding carboxylic acids is 1. The lowest BCUT2D eigenvalue weighted by molar-refractivity contribution is -0.118. The van der Waals surface area contributed by atoms with Crippen molar-refractivity contribution in [1.29, 1.82) is 0 Å². The number of amides is 1. The summed E-state index contributed by atoms with van der Waals surface area (Å²) in [5.41, 5.74) is 5.34. The SMILES string of the molecule is Cc1ccc(-n2nnnc2SCC(=O)NCCCn2nc(C)cc2C)c(C)c1. The van der Waals surface area contributed by atoms with Crippen LogP contribution in [0.3, 0.4) is 0 Å². The molecule has 2 heterocycles. The van der Waals surface area contributed by atoms with E-state index < -0.39 is 0 Å². The maximum atomic E-state index is 12.1. The predicted octanol–water partition coefficient (Wildman–Crippen LogP) is 2.39. The molecule has 0 saturated carbocycles. The number of aromatic nitrogens is 6. The average molecular weight is 400 g/mol. The number of nitrogens with zero attached hydrogens (tertiary/aromatic N) is 6. The Bertz CT molecular complexity index is 963. The van der Waals surface area contributed by atoms with E-state index in [1.165, 1.54) is 17.3 Å². The van der Waals surface area contributed by atoms with E-state index in [9.17, 15) is 4.79 Å². The van der Waals surface area contributed by atoms with Gasteiger partial charge in [0.05, 0.1) is 17.1 Å². The number of rotatable bonds is 8. The van der Waals surface area contributed by atoms with Crippen molar-refractivity contribution in [3.8, 4) is 5.69 Å². The summed E-state index contributed by atoms with van der Waals surface area (Å²) in [5, 5.41) is 19.8. The number of hydrogen-bond acceptors (Lipinski definition) is 6. The third-order valence-corrected chi connectivity index (χ3v) is 5.25. The number of tetrazole rings is 1. The fourth-order valence-electron chi connectivity index (χ4n) is 3.00. The van der Waals surface area contributed by atoms with Crippen molar-refractivity contribution in [3.63, 3.8) is 0 Å². The smallest absolute Gasteiger partial charge is 0.230 e. The Hall–Kier alpha value is -2.68. The van der Waals surface area contributed by atoms with Gasteiger partial charge in [-0.3, -0.25) is 9.48 Å². The zero-order chi connectivity index (χ0) is 20.1. The second kappa shape index (κ2) is 9.01. The van der Waals surface area contributed by atoms with Crippen molar-refractivity contribution < 1.29 is 4.79 Å². The first kappa shape index (κ1) is 20.1. The molecule has 0 aliphatic heterocycles. The maximum Gasteiger partial charge on any atom is 0.230 e. The van der Waals surface area contributed by atoms with Gasteiger partial charge in [0.25, 0.3) is 0 Å². The minimum atomic E-state index is -0.0338. The Kier molecular flexibility index (Phi) is 6.45. The molecule has 2 aromatic heterocycles. The molecule has 28 heavy (non-hydrogen) atoms. The van der Waals surface area contributed by atoms with E-state index >= 15 is 0 Å². The molecule has 148 valence electrons. The Morgan fingerprint density at radius 2 is 2.00 bits per heavy atom. The second-order valence-corrected chi connectivity index (χ2v) is 7.75. The third kappa shape index (κ3) is 4.98. The first-order valence-electron chi connectivity index (χ1n) is 9.20. The van der Waals surface area contributed by atoms with Crippen LogP contribution in [0.5, 0.6) is 0 Å². The van der Waals surface area contributed by atoms with Gasteiger partial charge in [-0.25, -0.2) is 0 Å². The van der Waals surface area contributed by atoms with E-state index in [1.54, 1.807) is 4.68 Å². The predicted molar refractivity (Wildman–Crippen MR) is 109 cm³/mol. The van der Waals surface area contributed by atoms with Crippen LogP contribution in [0.25, 0.3) is 5.69 Å². The Morgan fingerprint density at radius 1 is 1.18 bits per heavy atom. The first-order valence-corrected chi connectivity index (χ1v) is 10.2. The monoisotopic (exact) mass is 399 g/mol. The maximum absolute atomic E-state index is 12.1. The zero-order valence-electron chi connectivity index (χ0n) is 16.6. The highest BCUT2D eigenvalue weighted by molar-refractivity contribution is 7.99. The molecule has 0 atom stereocenters. The Balaban J connectivity index is 1.47. The van der Waals surface area contributed by atoms with Gasteiger partial charge in [-0.2, -0.15) is 9.78 Å². The van der Waals surface area contributed by atoms with Crippen LogP contribution in [0.15, 0.2) is 29.4 Å². The molecule has 3 rings (SSSR count). The quantitative estimate of drug-likeness (QED) is 0.462. The highest BCUT2D eigenvalue weighted by atomic mass is 32.2. The summed E-state index contributed by atoms with van der Waals surface area (Å²) < 4.78 is 3.64. The number of hydrogen-bond donors (Lipinski definition) is 1. The molecule has 0 saturated heterocycles. The fourth-order valence-corrected chi connectivity index (χ4v) is 3.72. The molecule has 0 fully saturated rings. The van der Waals surface area contributed by atoms with Gasteiger partial charge in [0.15, 0.2) is 0 Å². The molecular weight excluding hydrogens is 374 g/mol. The van der Waals surface area contributed by atoms with Gasteiger partial charge >= 0.3 is 0 Å². The summed E-state index contributed by atoms with van der Waals surface area (Å²) >= 11 is 1.33. The standard InChI is InChI=1S/C19H25N7OS/c1-13-6-7-17(14(2)10-13)26-19(21-23-24-26)28-12-18(27)20-8-5-9-25-16(4)11-15(3)22-25/h6-7,10-11H,5,8-9,12H2,1-4H3,(H,20,27). The molecule has 1 aromatic carbocycles. The Morgan fingerprint density at radius 3 is 2.71 bits per heavy atom. The summed E-state index contributed by atoms with van der Waals surface area (Å²) in [6.07, 6.45) is 0.832. The van der Waals surface area contributed by atoms with Crippen LogP contribution < -0.4 is 5.32 Å². The zero-order valence-corrected chi connectivity index (χ0v) is 17.5. The van der Waals surface area contributed by atoms with E-state index in [1.807, 2.05) is 44.5 Å². The number of carbonyl (C=O) groups is 1. The molecular formula is C19H25N7OS. The van der Waals surface area contributed by atoms with Gasteiger partial charge in [0, 0.05) is 18.8 Å². The molecule has 0 spiro atoms. The Labute approximate surface area is 168 Å². The lowest BCUT2D eigenvalue weighted by atomic mass is 10.1. The average Bonchev–Trinajstić information content (AvgIpc) is 3.23. The summed E-state index contributed by atoms with van der Waals surface area (Å²) in [6.45, 7) is 9.49. The minimum Gasteiger partial charge on any atom is -0.355 e. The van der Waals surface area contributed by atoms with Crippen molar-refractivity contribution in [2.45, 2.75) is 45.8 Å². The summed E-state index contributed by atoms with van der Waals surface area (Å²) in [6, 6.07) is 8.15. The van der Waals surface area contributed by atoms with Crippen LogP contribution in [-0.2, 0) is 11.3 Å². The lowest BCUT2D eigenvalue weighted by Gasteiger charge is -2.09. The van der Waals surface area contributed by atoms with Crippen LogP contribution in [0.2, 0.25) is 0 Å². The first-order chi connectivity index (χ1) is 13.4. The van der Waals surface area contributed by atoms with Crippen LogP contribution in [0, 0.1) is 27.7 Å². The number of nitrogens with one attached hydrogen (secondary N) is 1. The van der Waals surface area contributed by atoms with Gasteiger partial charge in [-0.15, -0.1) is 5.10 Å². The van der Waals surface area contributed by atoms with Crippen molar-refractivity contribution in [3.05, 3.63) is 46.8 Å². The lowest BCUT2D eigenvalue weighted by Crippen LogP contribution is -2.27. The highest BCUT2D eigenvalue weighted by Gasteiger charge is 2.13. The molecule has 1 amide bonds. The van der Waals surface area contributed by atoms with Crippen molar-refractivity contribution in [1.82, 2.24) is 35.3 Å². The van der Waals surface area contributed by atoms with Crippen molar-refractivity contribution in [2.75, 3.05) is 12.3 Å². The summed E-state index contributed by atoms with van der Waals surface area (Å²) in [7, 11) is 0. The van der Waals surface area contributed by atoms with Crippen LogP contribution in [0.1, 0.15) is 28.9 Å². The van der Waals surface area contributed by atoms with Gasteiger partial charge in [0.1, 0.15) is 0 Å². The topological polar surface area (TPSA) is 90.5 Å². The van der Waals surface area contributed by atoms with Crippen LogP contribution in [0.4, 0.5) is 0 Å². The molecule has 0 bridgehead atoms. The van der Waals surface area contributed by atoms with E-state index in [-0.39, 0.29) is 11.7 Å². The van der Waals surface area contributed by atoms with Gasteiger partial charge < -0.3 is 5.32 Å². The molecule has 8 nitrogen and oxygen atoms in total.